The number of halogens is 2. The first-order valence-corrected chi connectivity index (χ1v) is 9.37. The summed E-state index contributed by atoms with van der Waals surface area (Å²) in [4.78, 5) is 15.4. The van der Waals surface area contributed by atoms with Crippen molar-refractivity contribution in [2.45, 2.75) is 5.22 Å². The molecule has 0 spiro atoms. The van der Waals surface area contributed by atoms with E-state index in [1.165, 1.54) is 11.8 Å². The van der Waals surface area contributed by atoms with Crippen LogP contribution in [-0.2, 0) is 0 Å². The molecule has 0 amide bonds. The number of aromatic amines is 1. The number of Topliss-reactive ketones (excluding diaryl/α,β-unsaturated/α-hetero) is 1. The Morgan fingerprint density at radius 2 is 1.96 bits per heavy atom. The van der Waals surface area contributed by atoms with Gasteiger partial charge >= 0.3 is 0 Å². The number of fused-ring (bicyclic) bond motifs is 1. The molecule has 0 saturated carbocycles. The third-order valence-electron chi connectivity index (χ3n) is 3.79. The highest BCUT2D eigenvalue weighted by atomic mass is 35.5. The largest absolute Gasteiger partial charge is 0.411 e. The number of ketones is 1. The van der Waals surface area contributed by atoms with Gasteiger partial charge in [-0.1, -0.05) is 53.2 Å². The highest BCUT2D eigenvalue weighted by Gasteiger charge is 2.15. The van der Waals surface area contributed by atoms with E-state index in [4.69, 9.17) is 27.6 Å². The maximum absolute atomic E-state index is 12.3. The van der Waals surface area contributed by atoms with Gasteiger partial charge in [-0.2, -0.15) is 0 Å². The fourth-order valence-corrected chi connectivity index (χ4v) is 3.46. The minimum absolute atomic E-state index is 0.0968. The number of hydrogen-bond donors (Lipinski definition) is 1. The normalized spacial score (nSPS) is 11.2. The zero-order chi connectivity index (χ0) is 18.1. The van der Waals surface area contributed by atoms with Crippen molar-refractivity contribution in [3.05, 3.63) is 64.3 Å². The molecule has 0 unspecified atom stereocenters. The van der Waals surface area contributed by atoms with Crippen molar-refractivity contribution in [2.75, 3.05) is 5.75 Å². The summed E-state index contributed by atoms with van der Waals surface area (Å²) < 4.78 is 5.69. The molecule has 4 rings (SSSR count). The molecule has 0 saturated heterocycles. The van der Waals surface area contributed by atoms with Gasteiger partial charge in [-0.15, -0.1) is 10.2 Å². The fourth-order valence-electron chi connectivity index (χ4n) is 2.51. The van der Waals surface area contributed by atoms with Gasteiger partial charge < -0.3 is 9.40 Å². The maximum atomic E-state index is 12.3. The lowest BCUT2D eigenvalue weighted by molar-refractivity contribution is 0.102. The predicted octanol–water partition coefficient (Wildman–Crippen LogP) is 5.50. The van der Waals surface area contributed by atoms with Crippen LogP contribution in [0.2, 0.25) is 10.0 Å². The molecule has 0 atom stereocenters. The van der Waals surface area contributed by atoms with Gasteiger partial charge in [-0.05, 0) is 24.3 Å². The molecule has 0 radical (unpaired) electrons. The van der Waals surface area contributed by atoms with Gasteiger partial charge in [0, 0.05) is 22.7 Å². The molecular formula is C18H11Cl2N3O2S. The van der Waals surface area contributed by atoms with E-state index in [0.717, 1.165) is 16.5 Å². The molecule has 2 aromatic carbocycles. The zero-order valence-corrected chi connectivity index (χ0v) is 15.5. The molecular weight excluding hydrogens is 393 g/mol. The number of rotatable bonds is 5. The fraction of sp³-hybridized carbons (Fsp3) is 0.0556. The van der Waals surface area contributed by atoms with Crippen molar-refractivity contribution in [2.24, 2.45) is 0 Å². The minimum Gasteiger partial charge on any atom is -0.411 e. The second kappa shape index (κ2) is 7.15. The van der Waals surface area contributed by atoms with Crippen molar-refractivity contribution in [3.8, 4) is 11.5 Å². The van der Waals surface area contributed by atoms with Crippen LogP contribution in [0.5, 0.6) is 0 Å². The smallest absolute Gasteiger partial charge is 0.277 e. The Morgan fingerprint density at radius 3 is 2.81 bits per heavy atom. The topological polar surface area (TPSA) is 71.8 Å². The molecule has 0 fully saturated rings. The van der Waals surface area contributed by atoms with E-state index in [1.807, 2.05) is 30.5 Å². The van der Waals surface area contributed by atoms with Gasteiger partial charge in [-0.25, -0.2) is 0 Å². The molecule has 0 aliphatic carbocycles. The number of thioether (sulfide) groups is 1. The number of nitrogens with one attached hydrogen (secondary N) is 1. The molecule has 130 valence electrons. The first kappa shape index (κ1) is 17.1. The van der Waals surface area contributed by atoms with Gasteiger partial charge in [0.15, 0.2) is 5.78 Å². The molecule has 0 aliphatic heterocycles. The van der Waals surface area contributed by atoms with Crippen molar-refractivity contribution in [1.82, 2.24) is 15.2 Å². The number of carbonyl (C=O) groups excluding carboxylic acids is 1. The lowest BCUT2D eigenvalue weighted by atomic mass is 10.1. The van der Waals surface area contributed by atoms with E-state index in [1.54, 1.807) is 18.2 Å². The summed E-state index contributed by atoms with van der Waals surface area (Å²) in [6, 6.07) is 12.6. The van der Waals surface area contributed by atoms with Crippen LogP contribution in [0.25, 0.3) is 22.4 Å². The van der Waals surface area contributed by atoms with Crippen LogP contribution < -0.4 is 0 Å². The monoisotopic (exact) mass is 403 g/mol. The predicted molar refractivity (Wildman–Crippen MR) is 103 cm³/mol. The van der Waals surface area contributed by atoms with Crippen LogP contribution in [-0.4, -0.2) is 26.7 Å². The Bertz CT molecular complexity index is 1110. The quantitative estimate of drug-likeness (QED) is 0.351. The summed E-state index contributed by atoms with van der Waals surface area (Å²) in [6.45, 7) is 0. The number of hydrogen-bond acceptors (Lipinski definition) is 5. The minimum atomic E-state index is -0.0968. The average Bonchev–Trinajstić information content (AvgIpc) is 3.28. The Labute approximate surface area is 162 Å². The maximum Gasteiger partial charge on any atom is 0.277 e. The number of benzene rings is 2. The highest BCUT2D eigenvalue weighted by molar-refractivity contribution is 7.99. The standard InChI is InChI=1S/C18H11Cl2N3O2S/c19-13-6-5-10(7-14(13)20)16(24)9-26-18-23-22-17(25-18)12-8-21-15-4-2-1-3-11(12)15/h1-8,21H,9H2. The first-order chi connectivity index (χ1) is 12.6. The molecule has 2 heterocycles. The van der Waals surface area contributed by atoms with Crippen molar-refractivity contribution < 1.29 is 9.21 Å². The van der Waals surface area contributed by atoms with Gasteiger partial charge in [-0.3, -0.25) is 4.79 Å². The van der Waals surface area contributed by atoms with Crippen LogP contribution in [0.1, 0.15) is 10.4 Å². The Morgan fingerprint density at radius 1 is 1.12 bits per heavy atom. The van der Waals surface area contributed by atoms with Crippen LogP contribution in [0.15, 0.2) is 58.3 Å². The molecule has 0 bridgehead atoms. The summed E-state index contributed by atoms with van der Waals surface area (Å²) in [7, 11) is 0. The SMILES string of the molecule is O=C(CSc1nnc(-c2c[nH]c3ccccc23)o1)c1ccc(Cl)c(Cl)c1. The molecule has 2 aromatic heterocycles. The van der Waals surface area contributed by atoms with Gasteiger partial charge in [0.25, 0.3) is 11.1 Å². The van der Waals surface area contributed by atoms with E-state index < -0.39 is 0 Å². The highest BCUT2D eigenvalue weighted by Crippen LogP contribution is 2.30. The lowest BCUT2D eigenvalue weighted by Gasteiger charge is -2.01. The van der Waals surface area contributed by atoms with Crippen LogP contribution in [0, 0.1) is 0 Å². The number of aromatic nitrogens is 3. The second-order valence-corrected chi connectivity index (χ2v) is 7.20. The van der Waals surface area contributed by atoms with Gasteiger partial charge in [0.1, 0.15) is 0 Å². The van der Waals surface area contributed by atoms with E-state index >= 15 is 0 Å². The van der Waals surface area contributed by atoms with Crippen molar-refractivity contribution in [1.29, 1.82) is 0 Å². The molecule has 4 aromatic rings. The van der Waals surface area contributed by atoms with E-state index in [0.29, 0.717) is 26.7 Å². The van der Waals surface area contributed by atoms with Crippen LogP contribution >= 0.6 is 35.0 Å². The zero-order valence-electron chi connectivity index (χ0n) is 13.2. The summed E-state index contributed by atoms with van der Waals surface area (Å²) in [5.41, 5.74) is 2.31. The van der Waals surface area contributed by atoms with E-state index in [9.17, 15) is 4.79 Å². The number of H-pyrrole nitrogens is 1. The molecule has 8 heteroatoms. The summed E-state index contributed by atoms with van der Waals surface area (Å²) in [6.07, 6.45) is 1.83. The van der Waals surface area contributed by atoms with Crippen molar-refractivity contribution >= 4 is 51.6 Å². The van der Waals surface area contributed by atoms with Gasteiger partial charge in [0.05, 0.1) is 21.4 Å². The first-order valence-electron chi connectivity index (χ1n) is 7.63. The average molecular weight is 404 g/mol. The second-order valence-electron chi connectivity index (χ2n) is 5.46. The van der Waals surface area contributed by atoms with Gasteiger partial charge in [0.2, 0.25) is 0 Å². The lowest BCUT2D eigenvalue weighted by Crippen LogP contribution is -2.02. The Hall–Kier alpha value is -2.28. The molecule has 26 heavy (non-hydrogen) atoms. The van der Waals surface area contributed by atoms with E-state index in [-0.39, 0.29) is 11.5 Å². The summed E-state index contributed by atoms with van der Waals surface area (Å²) in [5.74, 6) is 0.473. The molecule has 0 aliphatic rings. The number of para-hydroxylation sites is 1. The van der Waals surface area contributed by atoms with Crippen LogP contribution in [0.4, 0.5) is 0 Å². The number of nitrogens with zero attached hydrogens (tertiary/aromatic N) is 2. The third-order valence-corrected chi connectivity index (χ3v) is 5.35. The molecule has 1 N–H and O–H groups in total. The van der Waals surface area contributed by atoms with Crippen LogP contribution in [0.3, 0.4) is 0 Å². The number of carbonyl (C=O) groups is 1. The summed E-state index contributed by atoms with van der Waals surface area (Å²) >= 11 is 13.0. The Kier molecular flexibility index (Phi) is 4.72. The van der Waals surface area contributed by atoms with E-state index in [2.05, 4.69) is 15.2 Å². The molecule has 5 nitrogen and oxygen atoms in total. The Balaban J connectivity index is 1.48. The van der Waals surface area contributed by atoms with Crippen molar-refractivity contribution in [3.63, 3.8) is 0 Å². The third kappa shape index (κ3) is 3.35. The summed E-state index contributed by atoms with van der Waals surface area (Å²) in [5, 5.41) is 10.2.